The Balaban J connectivity index is 1.82. The van der Waals surface area contributed by atoms with Crippen molar-refractivity contribution >= 4 is 23.2 Å². The topological polar surface area (TPSA) is 61.4 Å². The lowest BCUT2D eigenvalue weighted by Crippen LogP contribution is -2.52. The van der Waals surface area contributed by atoms with Crippen molar-refractivity contribution in [1.82, 2.24) is 5.32 Å². The Bertz CT molecular complexity index is 919. The van der Waals surface area contributed by atoms with Crippen molar-refractivity contribution in [2.75, 3.05) is 29.9 Å². The first-order valence-corrected chi connectivity index (χ1v) is 11.9. The molecule has 2 aromatic rings. The smallest absolute Gasteiger partial charge is 0.240 e. The zero-order chi connectivity index (χ0) is 23.1. The van der Waals surface area contributed by atoms with Crippen LogP contribution in [0.4, 0.5) is 11.4 Å². The Kier molecular flexibility index (Phi) is 7.94. The molecule has 1 atom stereocenters. The number of carbonyl (C=O) groups is 2. The van der Waals surface area contributed by atoms with E-state index in [2.05, 4.69) is 49.3 Å². The SMILES string of the molecule is CCN(CC)c1ccc(NC(=O)C2(C(=O)NCCC(C)C)CCc3ccccc3C2)cc1. The number of fused-ring (bicyclic) bond motifs is 1. The van der Waals surface area contributed by atoms with Crippen LogP contribution in [0.25, 0.3) is 0 Å². The minimum atomic E-state index is -1.09. The first kappa shape index (κ1) is 23.8. The second kappa shape index (κ2) is 10.7. The van der Waals surface area contributed by atoms with E-state index < -0.39 is 5.41 Å². The average molecular weight is 436 g/mol. The van der Waals surface area contributed by atoms with Gasteiger partial charge in [0.05, 0.1) is 0 Å². The van der Waals surface area contributed by atoms with Gasteiger partial charge in [-0.2, -0.15) is 0 Å². The molecule has 2 amide bonds. The monoisotopic (exact) mass is 435 g/mol. The first-order chi connectivity index (χ1) is 15.4. The van der Waals surface area contributed by atoms with E-state index in [1.807, 2.05) is 42.5 Å². The van der Waals surface area contributed by atoms with Gasteiger partial charge in [0.1, 0.15) is 5.41 Å². The van der Waals surface area contributed by atoms with Crippen LogP contribution in [0.5, 0.6) is 0 Å². The zero-order valence-electron chi connectivity index (χ0n) is 19.9. The highest BCUT2D eigenvalue weighted by Gasteiger charge is 2.47. The summed E-state index contributed by atoms with van der Waals surface area (Å²) in [5, 5.41) is 6.10. The van der Waals surface area contributed by atoms with Gasteiger partial charge < -0.3 is 15.5 Å². The van der Waals surface area contributed by atoms with Crippen molar-refractivity contribution in [1.29, 1.82) is 0 Å². The summed E-state index contributed by atoms with van der Waals surface area (Å²) in [5.74, 6) is 0.117. The fourth-order valence-corrected chi connectivity index (χ4v) is 4.46. The second-order valence-corrected chi connectivity index (χ2v) is 9.14. The lowest BCUT2D eigenvalue weighted by molar-refractivity contribution is -0.141. The van der Waals surface area contributed by atoms with E-state index in [1.54, 1.807) is 0 Å². The summed E-state index contributed by atoms with van der Waals surface area (Å²) in [4.78, 5) is 29.2. The number of carbonyl (C=O) groups excluding carboxylic acids is 2. The van der Waals surface area contributed by atoms with Gasteiger partial charge in [-0.1, -0.05) is 38.1 Å². The largest absolute Gasteiger partial charge is 0.372 e. The van der Waals surface area contributed by atoms with Crippen LogP contribution in [0.2, 0.25) is 0 Å². The molecule has 3 rings (SSSR count). The van der Waals surface area contributed by atoms with Gasteiger partial charge in [-0.05, 0) is 80.8 Å². The molecule has 1 aliphatic carbocycles. The van der Waals surface area contributed by atoms with Crippen LogP contribution in [0.3, 0.4) is 0 Å². The fraction of sp³-hybridized carbons (Fsp3) is 0.481. The maximum Gasteiger partial charge on any atom is 0.240 e. The van der Waals surface area contributed by atoms with E-state index in [1.165, 1.54) is 5.56 Å². The van der Waals surface area contributed by atoms with Crippen LogP contribution in [0.15, 0.2) is 48.5 Å². The minimum absolute atomic E-state index is 0.162. The molecule has 0 spiro atoms. The van der Waals surface area contributed by atoms with Crippen molar-refractivity contribution < 1.29 is 9.59 Å². The van der Waals surface area contributed by atoms with Gasteiger partial charge in [0, 0.05) is 31.0 Å². The molecule has 2 N–H and O–H groups in total. The van der Waals surface area contributed by atoms with Gasteiger partial charge in [-0.25, -0.2) is 0 Å². The van der Waals surface area contributed by atoms with E-state index >= 15 is 0 Å². The number of nitrogens with one attached hydrogen (secondary N) is 2. The van der Waals surface area contributed by atoms with Crippen LogP contribution < -0.4 is 15.5 Å². The zero-order valence-corrected chi connectivity index (χ0v) is 19.9. The summed E-state index contributed by atoms with van der Waals surface area (Å²) in [6.07, 6.45) is 2.57. The Morgan fingerprint density at radius 3 is 2.25 bits per heavy atom. The summed E-state index contributed by atoms with van der Waals surface area (Å²) in [6, 6.07) is 16.0. The molecule has 0 saturated heterocycles. The molecule has 2 aromatic carbocycles. The molecule has 1 aliphatic rings. The van der Waals surface area contributed by atoms with Crippen molar-refractivity contribution in [3.05, 3.63) is 59.7 Å². The van der Waals surface area contributed by atoms with Crippen molar-refractivity contribution in [3.63, 3.8) is 0 Å². The van der Waals surface area contributed by atoms with Crippen LogP contribution >= 0.6 is 0 Å². The average Bonchev–Trinajstić information content (AvgIpc) is 2.80. The van der Waals surface area contributed by atoms with E-state index in [4.69, 9.17) is 0 Å². The molecule has 172 valence electrons. The van der Waals surface area contributed by atoms with Gasteiger partial charge >= 0.3 is 0 Å². The molecule has 0 aliphatic heterocycles. The first-order valence-electron chi connectivity index (χ1n) is 11.9. The predicted molar refractivity (Wildman–Crippen MR) is 132 cm³/mol. The lowest BCUT2D eigenvalue weighted by Gasteiger charge is -2.35. The molecule has 0 heterocycles. The number of amides is 2. The molecular formula is C27H37N3O2. The van der Waals surface area contributed by atoms with Crippen molar-refractivity contribution in [3.8, 4) is 0 Å². The number of benzene rings is 2. The Hall–Kier alpha value is -2.82. The molecule has 0 radical (unpaired) electrons. The standard InChI is InChI=1S/C27H37N3O2/c1-5-30(6-2)24-13-11-23(12-14-24)29-26(32)27(25(31)28-18-16-20(3)4)17-15-21-9-7-8-10-22(21)19-27/h7-14,20H,5-6,15-19H2,1-4H3,(H,28,31)(H,29,32). The van der Waals surface area contributed by atoms with Crippen molar-refractivity contribution in [2.45, 2.75) is 53.4 Å². The molecule has 0 fully saturated rings. The number of anilines is 2. The summed E-state index contributed by atoms with van der Waals surface area (Å²) < 4.78 is 0. The normalized spacial score (nSPS) is 17.5. The van der Waals surface area contributed by atoms with Crippen LogP contribution in [0.1, 0.15) is 51.7 Å². The van der Waals surface area contributed by atoms with Crippen LogP contribution in [-0.4, -0.2) is 31.4 Å². The molecule has 32 heavy (non-hydrogen) atoms. The van der Waals surface area contributed by atoms with Gasteiger partial charge in [-0.15, -0.1) is 0 Å². The van der Waals surface area contributed by atoms with Gasteiger partial charge in [0.25, 0.3) is 0 Å². The summed E-state index contributed by atoms with van der Waals surface area (Å²) in [5.41, 5.74) is 3.07. The lowest BCUT2D eigenvalue weighted by atomic mass is 9.70. The molecule has 0 bridgehead atoms. The summed E-state index contributed by atoms with van der Waals surface area (Å²) >= 11 is 0. The van der Waals surface area contributed by atoms with E-state index in [0.717, 1.165) is 42.9 Å². The van der Waals surface area contributed by atoms with Gasteiger partial charge in [-0.3, -0.25) is 9.59 Å². The molecule has 5 nitrogen and oxygen atoms in total. The fourth-order valence-electron chi connectivity index (χ4n) is 4.46. The molecule has 0 aromatic heterocycles. The van der Waals surface area contributed by atoms with E-state index in [0.29, 0.717) is 25.3 Å². The third kappa shape index (κ3) is 5.32. The molecular weight excluding hydrogens is 398 g/mol. The number of aryl methyl sites for hydroxylation is 1. The quantitative estimate of drug-likeness (QED) is 0.556. The Labute approximate surface area is 192 Å². The van der Waals surface area contributed by atoms with E-state index in [9.17, 15) is 9.59 Å². The van der Waals surface area contributed by atoms with Crippen LogP contribution in [-0.2, 0) is 22.4 Å². The van der Waals surface area contributed by atoms with Gasteiger partial charge in [0.2, 0.25) is 11.8 Å². The molecule has 1 unspecified atom stereocenters. The Morgan fingerprint density at radius 1 is 0.969 bits per heavy atom. The third-order valence-electron chi connectivity index (χ3n) is 6.56. The molecule has 5 heteroatoms. The number of hydrogen-bond donors (Lipinski definition) is 2. The highest BCUT2D eigenvalue weighted by molar-refractivity contribution is 6.11. The highest BCUT2D eigenvalue weighted by Crippen LogP contribution is 2.37. The maximum absolute atomic E-state index is 13.6. The van der Waals surface area contributed by atoms with Gasteiger partial charge in [0.15, 0.2) is 0 Å². The summed E-state index contributed by atoms with van der Waals surface area (Å²) in [6.45, 7) is 11.0. The third-order valence-corrected chi connectivity index (χ3v) is 6.56. The van der Waals surface area contributed by atoms with E-state index in [-0.39, 0.29) is 11.8 Å². The number of rotatable bonds is 9. The molecule has 0 saturated carbocycles. The highest BCUT2D eigenvalue weighted by atomic mass is 16.2. The summed E-state index contributed by atoms with van der Waals surface area (Å²) in [7, 11) is 0. The minimum Gasteiger partial charge on any atom is -0.372 e. The Morgan fingerprint density at radius 2 is 1.62 bits per heavy atom. The number of hydrogen-bond acceptors (Lipinski definition) is 3. The predicted octanol–water partition coefficient (Wildman–Crippen LogP) is 4.81. The maximum atomic E-state index is 13.6. The second-order valence-electron chi connectivity index (χ2n) is 9.14. The van der Waals surface area contributed by atoms with Crippen molar-refractivity contribution in [2.24, 2.45) is 11.3 Å². The van der Waals surface area contributed by atoms with Crippen LogP contribution in [0, 0.1) is 11.3 Å². The number of nitrogens with zero attached hydrogens (tertiary/aromatic N) is 1.